The number of allylic oxidation sites excluding steroid dienone is 1. The molecule has 0 aromatic heterocycles. The molecule has 5 nitrogen and oxygen atoms in total. The lowest BCUT2D eigenvalue weighted by atomic mass is 10.0. The van der Waals surface area contributed by atoms with Crippen LogP contribution < -0.4 is 15.0 Å². The molecule has 1 saturated heterocycles. The number of nitrogens with one attached hydrogen (secondary N) is 1. The molecule has 3 aromatic rings. The summed E-state index contributed by atoms with van der Waals surface area (Å²) in [7, 11) is 0. The van der Waals surface area contributed by atoms with Crippen molar-refractivity contribution in [3.8, 4) is 5.75 Å². The first-order valence-corrected chi connectivity index (χ1v) is 11.4. The van der Waals surface area contributed by atoms with E-state index in [4.69, 9.17) is 28.6 Å². The van der Waals surface area contributed by atoms with Crippen LogP contribution in [0, 0.1) is 5.82 Å². The maximum Gasteiger partial charge on any atom is 0.270 e. The monoisotopic (exact) mass is 506 g/mol. The molecule has 3 aromatic carbocycles. The van der Waals surface area contributed by atoms with Crippen molar-refractivity contribution in [1.29, 1.82) is 0 Å². The minimum atomic E-state index is -0.711. The van der Waals surface area contributed by atoms with Gasteiger partial charge in [0, 0.05) is 5.02 Å². The molecule has 0 saturated carbocycles. The number of halogens is 2. The first-order valence-electron chi connectivity index (χ1n) is 10.6. The highest BCUT2D eigenvalue weighted by Gasteiger charge is 2.35. The fourth-order valence-electron chi connectivity index (χ4n) is 3.56. The smallest absolute Gasteiger partial charge is 0.270 e. The van der Waals surface area contributed by atoms with Crippen LogP contribution in [-0.2, 0) is 22.6 Å². The van der Waals surface area contributed by atoms with E-state index in [0.717, 1.165) is 16.0 Å². The van der Waals surface area contributed by atoms with Gasteiger partial charge in [-0.2, -0.15) is 0 Å². The molecule has 176 valence electrons. The summed E-state index contributed by atoms with van der Waals surface area (Å²) in [5.41, 5.74) is 2.18. The Balaban J connectivity index is 1.62. The number of amides is 2. The fourth-order valence-corrected chi connectivity index (χ4v) is 3.96. The Morgan fingerprint density at radius 2 is 1.83 bits per heavy atom. The normalized spacial score (nSPS) is 14.7. The average Bonchev–Trinajstić information content (AvgIpc) is 2.83. The van der Waals surface area contributed by atoms with Gasteiger partial charge in [0.25, 0.3) is 11.8 Å². The molecule has 1 heterocycles. The van der Waals surface area contributed by atoms with Crippen LogP contribution in [-0.4, -0.2) is 16.9 Å². The Morgan fingerprint density at radius 1 is 1.09 bits per heavy atom. The van der Waals surface area contributed by atoms with E-state index in [-0.39, 0.29) is 16.4 Å². The molecule has 0 atom stereocenters. The molecule has 0 aliphatic carbocycles. The van der Waals surface area contributed by atoms with Gasteiger partial charge in [0.05, 0.1) is 5.69 Å². The van der Waals surface area contributed by atoms with Crippen LogP contribution in [0.4, 0.5) is 10.1 Å². The molecule has 1 aliphatic rings. The molecule has 0 spiro atoms. The van der Waals surface area contributed by atoms with E-state index in [2.05, 4.69) is 11.9 Å². The molecular weight excluding hydrogens is 487 g/mol. The molecule has 8 heteroatoms. The summed E-state index contributed by atoms with van der Waals surface area (Å²) in [6, 6.07) is 18.4. The number of thiocarbonyl (C=S) groups is 1. The van der Waals surface area contributed by atoms with Gasteiger partial charge in [-0.1, -0.05) is 48.0 Å². The second-order valence-electron chi connectivity index (χ2n) is 7.68. The van der Waals surface area contributed by atoms with Gasteiger partial charge in [0.15, 0.2) is 5.11 Å². The van der Waals surface area contributed by atoms with E-state index in [1.165, 1.54) is 24.3 Å². The van der Waals surface area contributed by atoms with Crippen LogP contribution in [0.15, 0.2) is 85.0 Å². The van der Waals surface area contributed by atoms with Crippen molar-refractivity contribution >= 4 is 52.5 Å². The number of rotatable bonds is 7. The minimum Gasteiger partial charge on any atom is -0.489 e. The van der Waals surface area contributed by atoms with Crippen molar-refractivity contribution in [3.63, 3.8) is 0 Å². The Kier molecular flexibility index (Phi) is 7.39. The Hall–Kier alpha value is -3.81. The molecule has 1 fully saturated rings. The molecule has 1 aliphatic heterocycles. The maximum atomic E-state index is 14.4. The number of benzene rings is 3. The predicted octanol–water partition coefficient (Wildman–Crippen LogP) is 5.62. The highest BCUT2D eigenvalue weighted by atomic mass is 35.5. The summed E-state index contributed by atoms with van der Waals surface area (Å²) >= 11 is 11.1. The van der Waals surface area contributed by atoms with Crippen molar-refractivity contribution < 1.29 is 18.7 Å². The Morgan fingerprint density at radius 3 is 2.54 bits per heavy atom. The Labute approximate surface area is 212 Å². The van der Waals surface area contributed by atoms with Crippen molar-refractivity contribution in [2.45, 2.75) is 13.0 Å². The summed E-state index contributed by atoms with van der Waals surface area (Å²) < 4.78 is 20.3. The topological polar surface area (TPSA) is 58.6 Å². The highest BCUT2D eigenvalue weighted by molar-refractivity contribution is 7.80. The van der Waals surface area contributed by atoms with Crippen LogP contribution in [0.3, 0.4) is 0 Å². The maximum absolute atomic E-state index is 14.4. The number of hydrogen-bond donors (Lipinski definition) is 1. The SMILES string of the molecule is C=CCc1cc(/C=C2\C(=O)NC(=S)N(c3ccccc3F)C2=O)ccc1OCc1ccc(Cl)cc1. The zero-order valence-electron chi connectivity index (χ0n) is 18.5. The third-order valence-electron chi connectivity index (χ3n) is 5.26. The van der Waals surface area contributed by atoms with Gasteiger partial charge in [-0.15, -0.1) is 6.58 Å². The molecule has 0 bridgehead atoms. The van der Waals surface area contributed by atoms with Crippen molar-refractivity contribution in [3.05, 3.63) is 112 Å². The minimum absolute atomic E-state index is 0.0355. The lowest BCUT2D eigenvalue weighted by molar-refractivity contribution is -0.122. The molecule has 0 unspecified atom stereocenters. The van der Waals surface area contributed by atoms with Crippen LogP contribution >= 0.6 is 23.8 Å². The van der Waals surface area contributed by atoms with Gasteiger partial charge < -0.3 is 4.74 Å². The van der Waals surface area contributed by atoms with Gasteiger partial charge in [0.1, 0.15) is 23.7 Å². The van der Waals surface area contributed by atoms with Crippen LogP contribution in [0.25, 0.3) is 6.08 Å². The second-order valence-corrected chi connectivity index (χ2v) is 8.51. The van der Waals surface area contributed by atoms with Gasteiger partial charge in [0.2, 0.25) is 0 Å². The van der Waals surface area contributed by atoms with E-state index in [1.807, 2.05) is 18.2 Å². The van der Waals surface area contributed by atoms with Gasteiger partial charge in [-0.3, -0.25) is 14.9 Å². The summed E-state index contributed by atoms with van der Waals surface area (Å²) in [6.07, 6.45) is 3.69. The van der Waals surface area contributed by atoms with Gasteiger partial charge in [-0.05, 0) is 77.8 Å². The first-order chi connectivity index (χ1) is 16.9. The van der Waals surface area contributed by atoms with E-state index in [9.17, 15) is 14.0 Å². The summed E-state index contributed by atoms with van der Waals surface area (Å²) in [5.74, 6) is -1.34. The fraction of sp³-hybridized carbons (Fsp3) is 0.0741. The number of ether oxygens (including phenoxy) is 1. The third-order valence-corrected chi connectivity index (χ3v) is 5.80. The number of para-hydroxylation sites is 1. The van der Waals surface area contributed by atoms with Gasteiger partial charge >= 0.3 is 0 Å². The largest absolute Gasteiger partial charge is 0.489 e. The number of carbonyl (C=O) groups excluding carboxylic acids is 2. The molecule has 2 amide bonds. The molecule has 0 radical (unpaired) electrons. The molecule has 4 rings (SSSR count). The number of nitrogens with zero attached hydrogens (tertiary/aromatic N) is 1. The quantitative estimate of drug-likeness (QED) is 0.196. The Bertz CT molecular complexity index is 1350. The zero-order valence-corrected chi connectivity index (χ0v) is 20.0. The van der Waals surface area contributed by atoms with E-state index < -0.39 is 17.6 Å². The number of hydrogen-bond acceptors (Lipinski definition) is 4. The standard InChI is InChI=1S/C27H20ClFN2O3S/c1-2-5-19-14-18(10-13-24(19)34-16-17-8-11-20(28)12-9-17)15-21-25(32)30-27(35)31(26(21)33)23-7-4-3-6-22(23)29/h2-4,6-15H,1,5,16H2,(H,30,32,35)/b21-15+. The average molecular weight is 507 g/mol. The van der Waals surface area contributed by atoms with Crippen LogP contribution in [0.5, 0.6) is 5.75 Å². The van der Waals surface area contributed by atoms with Crippen LogP contribution in [0.2, 0.25) is 5.02 Å². The zero-order chi connectivity index (χ0) is 24.9. The van der Waals surface area contributed by atoms with Crippen LogP contribution in [0.1, 0.15) is 16.7 Å². The number of anilines is 1. The van der Waals surface area contributed by atoms with E-state index in [1.54, 1.807) is 36.4 Å². The lowest BCUT2D eigenvalue weighted by Gasteiger charge is -2.29. The lowest BCUT2D eigenvalue weighted by Crippen LogP contribution is -2.54. The number of carbonyl (C=O) groups is 2. The second kappa shape index (κ2) is 10.6. The summed E-state index contributed by atoms with van der Waals surface area (Å²) in [5, 5.41) is 2.93. The third kappa shape index (κ3) is 5.48. The predicted molar refractivity (Wildman–Crippen MR) is 139 cm³/mol. The summed E-state index contributed by atoms with van der Waals surface area (Å²) in [4.78, 5) is 26.7. The van der Waals surface area contributed by atoms with Crippen molar-refractivity contribution in [2.24, 2.45) is 0 Å². The summed E-state index contributed by atoms with van der Waals surface area (Å²) in [6.45, 7) is 4.14. The van der Waals surface area contributed by atoms with Crippen molar-refractivity contribution in [1.82, 2.24) is 5.32 Å². The molecule has 1 N–H and O–H groups in total. The molecule has 35 heavy (non-hydrogen) atoms. The van der Waals surface area contributed by atoms with E-state index >= 15 is 0 Å². The van der Waals surface area contributed by atoms with Crippen molar-refractivity contribution in [2.75, 3.05) is 4.90 Å². The molecular formula is C27H20ClFN2O3S. The first kappa shape index (κ1) is 24.3. The van der Waals surface area contributed by atoms with Gasteiger partial charge in [-0.25, -0.2) is 9.29 Å². The highest BCUT2D eigenvalue weighted by Crippen LogP contribution is 2.27. The van der Waals surface area contributed by atoms with E-state index in [0.29, 0.717) is 29.4 Å².